The highest BCUT2D eigenvalue weighted by Crippen LogP contribution is 2.33. The van der Waals surface area contributed by atoms with Gasteiger partial charge in [0.15, 0.2) is 11.5 Å². The number of ether oxygens (including phenoxy) is 3. The molecule has 1 atom stereocenters. The zero-order chi connectivity index (χ0) is 24.2. The third kappa shape index (κ3) is 5.54. The zero-order valence-electron chi connectivity index (χ0n) is 19.1. The number of sulfonamides is 1. The molecule has 1 heterocycles. The summed E-state index contributed by atoms with van der Waals surface area (Å²) in [5.74, 6) is 1.06. The molecule has 180 valence electrons. The normalized spacial score (nSPS) is 16.2. The van der Waals surface area contributed by atoms with Gasteiger partial charge in [-0.05, 0) is 55.7 Å². The Morgan fingerprint density at radius 2 is 1.61 bits per heavy atom. The molecule has 1 amide bonds. The second-order valence-electron chi connectivity index (χ2n) is 7.82. The summed E-state index contributed by atoms with van der Waals surface area (Å²) in [5.41, 5.74) is 0.883. The van der Waals surface area contributed by atoms with Crippen molar-refractivity contribution >= 4 is 27.5 Å². The molecule has 0 spiro atoms. The molecule has 0 aliphatic carbocycles. The fourth-order valence-electron chi connectivity index (χ4n) is 3.89. The standard InChI is InChI=1S/C23H29ClN2O6S/c1-15(17-5-7-19(30-2)21(13-17)32-4)25-23(27)16-9-11-26(12-10-16)33(28,29)22-14-18(24)6-8-20(22)31-3/h5-8,13-16H,9-12H2,1-4H3,(H,25,27). The van der Waals surface area contributed by atoms with Crippen molar-refractivity contribution in [3.8, 4) is 17.2 Å². The van der Waals surface area contributed by atoms with Gasteiger partial charge in [0.2, 0.25) is 15.9 Å². The Hall–Kier alpha value is -2.49. The summed E-state index contributed by atoms with van der Waals surface area (Å²) >= 11 is 6.01. The molecular formula is C23H29ClN2O6S. The van der Waals surface area contributed by atoms with E-state index < -0.39 is 10.0 Å². The van der Waals surface area contributed by atoms with Crippen molar-refractivity contribution in [1.29, 1.82) is 0 Å². The Morgan fingerprint density at radius 1 is 1.00 bits per heavy atom. The molecule has 2 aromatic rings. The van der Waals surface area contributed by atoms with E-state index in [-0.39, 0.29) is 41.6 Å². The Morgan fingerprint density at radius 3 is 2.21 bits per heavy atom. The Balaban J connectivity index is 1.64. The summed E-state index contributed by atoms with van der Waals surface area (Å²) in [4.78, 5) is 12.9. The van der Waals surface area contributed by atoms with E-state index in [1.54, 1.807) is 26.4 Å². The monoisotopic (exact) mass is 496 g/mol. The largest absolute Gasteiger partial charge is 0.495 e. The number of nitrogens with zero attached hydrogens (tertiary/aromatic N) is 1. The maximum atomic E-state index is 13.1. The number of amides is 1. The van der Waals surface area contributed by atoms with Crippen LogP contribution in [0.1, 0.15) is 31.4 Å². The van der Waals surface area contributed by atoms with Crippen LogP contribution in [0, 0.1) is 5.92 Å². The van der Waals surface area contributed by atoms with Gasteiger partial charge in [0, 0.05) is 24.0 Å². The number of halogens is 1. The van der Waals surface area contributed by atoms with Gasteiger partial charge in [-0.25, -0.2) is 8.42 Å². The summed E-state index contributed by atoms with van der Waals surface area (Å²) in [6.07, 6.45) is 0.846. The number of methoxy groups -OCH3 is 3. The van der Waals surface area contributed by atoms with E-state index in [4.69, 9.17) is 25.8 Å². The molecule has 3 rings (SSSR count). The summed E-state index contributed by atoms with van der Waals surface area (Å²) in [6, 6.07) is 9.76. The van der Waals surface area contributed by atoms with Gasteiger partial charge in [-0.1, -0.05) is 17.7 Å². The fourth-order valence-corrected chi connectivity index (χ4v) is 5.77. The molecular weight excluding hydrogens is 468 g/mol. The van der Waals surface area contributed by atoms with Gasteiger partial charge in [-0.15, -0.1) is 0 Å². The Labute approximate surface area is 199 Å². The lowest BCUT2D eigenvalue weighted by atomic mass is 9.96. The van der Waals surface area contributed by atoms with Crippen LogP contribution in [0.5, 0.6) is 17.2 Å². The molecule has 10 heteroatoms. The van der Waals surface area contributed by atoms with Crippen LogP contribution in [0.25, 0.3) is 0 Å². The topological polar surface area (TPSA) is 94.2 Å². The van der Waals surface area contributed by atoms with Gasteiger partial charge < -0.3 is 19.5 Å². The van der Waals surface area contributed by atoms with Crippen LogP contribution in [0.3, 0.4) is 0 Å². The molecule has 8 nitrogen and oxygen atoms in total. The number of benzene rings is 2. The van der Waals surface area contributed by atoms with E-state index in [0.717, 1.165) is 5.56 Å². The molecule has 1 aliphatic heterocycles. The third-order valence-corrected chi connectivity index (χ3v) is 7.99. The molecule has 1 fully saturated rings. The van der Waals surface area contributed by atoms with Crippen LogP contribution < -0.4 is 19.5 Å². The van der Waals surface area contributed by atoms with Crippen LogP contribution >= 0.6 is 11.6 Å². The van der Waals surface area contributed by atoms with Gasteiger partial charge in [0.05, 0.1) is 27.4 Å². The SMILES string of the molecule is COc1ccc(C(C)NC(=O)C2CCN(S(=O)(=O)c3cc(Cl)ccc3OC)CC2)cc1OC. The second kappa shape index (κ2) is 10.6. The maximum absolute atomic E-state index is 13.1. The lowest BCUT2D eigenvalue weighted by molar-refractivity contribution is -0.126. The molecule has 0 aromatic heterocycles. The number of hydrogen-bond acceptors (Lipinski definition) is 6. The van der Waals surface area contributed by atoms with Gasteiger partial charge >= 0.3 is 0 Å². The van der Waals surface area contributed by atoms with E-state index in [0.29, 0.717) is 29.4 Å². The van der Waals surface area contributed by atoms with Gasteiger partial charge in [-0.2, -0.15) is 4.31 Å². The minimum Gasteiger partial charge on any atom is -0.495 e. The van der Waals surface area contributed by atoms with Crippen LogP contribution in [0.4, 0.5) is 0 Å². The van der Waals surface area contributed by atoms with Crippen LogP contribution in [-0.4, -0.2) is 53.0 Å². The number of hydrogen-bond donors (Lipinski definition) is 1. The van der Waals surface area contributed by atoms with Crippen molar-refractivity contribution in [1.82, 2.24) is 9.62 Å². The van der Waals surface area contributed by atoms with E-state index >= 15 is 0 Å². The predicted octanol–water partition coefficient (Wildman–Crippen LogP) is 3.64. The van der Waals surface area contributed by atoms with E-state index in [2.05, 4.69) is 5.32 Å². The summed E-state index contributed by atoms with van der Waals surface area (Å²) < 4.78 is 43.4. The molecule has 1 saturated heterocycles. The second-order valence-corrected chi connectivity index (χ2v) is 10.2. The molecule has 0 radical (unpaired) electrons. The van der Waals surface area contributed by atoms with Crippen molar-refractivity contribution < 1.29 is 27.4 Å². The number of carbonyl (C=O) groups excluding carboxylic acids is 1. The number of rotatable bonds is 8. The quantitative estimate of drug-likeness (QED) is 0.599. The Bertz CT molecular complexity index is 1100. The van der Waals surface area contributed by atoms with Crippen molar-refractivity contribution in [3.63, 3.8) is 0 Å². The first kappa shape index (κ1) is 25.1. The van der Waals surface area contributed by atoms with Crippen LogP contribution in [0.15, 0.2) is 41.3 Å². The van der Waals surface area contributed by atoms with Gasteiger partial charge in [0.1, 0.15) is 10.6 Å². The lowest BCUT2D eigenvalue weighted by Crippen LogP contribution is -2.43. The zero-order valence-corrected chi connectivity index (χ0v) is 20.7. The van der Waals surface area contributed by atoms with Crippen molar-refractivity contribution in [2.45, 2.75) is 30.7 Å². The Kier molecular flexibility index (Phi) is 8.10. The number of piperidine rings is 1. The minimum absolute atomic E-state index is 0.0301. The van der Waals surface area contributed by atoms with Crippen molar-refractivity contribution in [2.75, 3.05) is 34.4 Å². The van der Waals surface area contributed by atoms with Crippen molar-refractivity contribution in [3.05, 3.63) is 47.0 Å². The first-order valence-corrected chi connectivity index (χ1v) is 12.4. The summed E-state index contributed by atoms with van der Waals surface area (Å²) in [6.45, 7) is 2.37. The molecule has 0 bridgehead atoms. The van der Waals surface area contributed by atoms with Crippen LogP contribution in [0.2, 0.25) is 5.02 Å². The predicted molar refractivity (Wildman–Crippen MR) is 126 cm³/mol. The first-order valence-electron chi connectivity index (χ1n) is 10.6. The fraction of sp³-hybridized carbons (Fsp3) is 0.435. The van der Waals surface area contributed by atoms with E-state index in [1.165, 1.54) is 23.5 Å². The molecule has 1 aliphatic rings. The molecule has 1 unspecified atom stereocenters. The molecule has 33 heavy (non-hydrogen) atoms. The molecule has 1 N–H and O–H groups in total. The highest BCUT2D eigenvalue weighted by molar-refractivity contribution is 7.89. The maximum Gasteiger partial charge on any atom is 0.246 e. The lowest BCUT2D eigenvalue weighted by Gasteiger charge is -2.31. The number of nitrogens with one attached hydrogen (secondary N) is 1. The highest BCUT2D eigenvalue weighted by atomic mass is 35.5. The van der Waals surface area contributed by atoms with E-state index in [1.807, 2.05) is 19.1 Å². The average Bonchev–Trinajstić information content (AvgIpc) is 2.83. The highest BCUT2D eigenvalue weighted by Gasteiger charge is 2.34. The number of carbonyl (C=O) groups is 1. The van der Waals surface area contributed by atoms with Crippen molar-refractivity contribution in [2.24, 2.45) is 5.92 Å². The summed E-state index contributed by atoms with van der Waals surface area (Å²) in [7, 11) is 0.753. The van der Waals surface area contributed by atoms with E-state index in [9.17, 15) is 13.2 Å². The summed E-state index contributed by atoms with van der Waals surface area (Å²) in [5, 5.41) is 3.34. The molecule has 2 aromatic carbocycles. The minimum atomic E-state index is -3.79. The van der Waals surface area contributed by atoms with Gasteiger partial charge in [-0.3, -0.25) is 4.79 Å². The van der Waals surface area contributed by atoms with Crippen LogP contribution in [-0.2, 0) is 14.8 Å². The average molecular weight is 497 g/mol. The van der Waals surface area contributed by atoms with Gasteiger partial charge in [0.25, 0.3) is 0 Å². The first-order chi connectivity index (χ1) is 15.7. The third-order valence-electron chi connectivity index (χ3n) is 5.83. The smallest absolute Gasteiger partial charge is 0.246 e. The molecule has 0 saturated carbocycles.